The lowest BCUT2D eigenvalue weighted by Crippen LogP contribution is -2.50. The van der Waals surface area contributed by atoms with Gasteiger partial charge in [0.25, 0.3) is 0 Å². The number of ether oxygens (including phenoxy) is 2. The molecule has 10 rings (SSSR count). The molecule has 3 N–H and O–H groups in total. The van der Waals surface area contributed by atoms with Crippen LogP contribution in [0.5, 0.6) is 11.8 Å². The summed E-state index contributed by atoms with van der Waals surface area (Å²) < 4.78 is 30.2. The van der Waals surface area contributed by atoms with Gasteiger partial charge in [0.05, 0.1) is 39.9 Å². The number of aromatic nitrogens is 3. The Bertz CT molecular complexity index is 3320. The standard InChI is InChI=1S/C62H72ClFN8O8S/c1-7-53(76)70-23-25-71(26-24-70)58-47-31-49(63)54(46-28-42(73)27-41-11-8-9-12-45(41)46)55(64)56(47)67-61(68-58)80-52-14-10-13-50(52)69-21-19-38(20-22-69)33-79-34-44(75)29-48(62(4,5)6)60(78)72-32-43(74)30-51(72)59(77)66-36(2)39-15-17-40(18-16-39)57-37(3)65-35-81-57/h7-9,11-12,15-18,27-28,31,35-36,38,43,48,50-52,73-74H,1,10,13-14,19-26,29-30,32-34H2,2-6H3,(H,66,77)/t36-,43+,48+,50+,51-,52+/m0/s1. The molecule has 0 unspecified atom stereocenters. The first-order chi connectivity index (χ1) is 38.8. The minimum absolute atomic E-state index is 0.00654. The normalized spacial score (nSPS) is 20.9. The molecule has 19 heteroatoms. The van der Waals surface area contributed by atoms with E-state index in [4.69, 9.17) is 31.0 Å². The number of Topliss-reactive ketones (excluding diaryl/α,β-unsaturated/α-hetero) is 1. The number of piperidine rings is 1. The quantitative estimate of drug-likeness (QED) is 0.0733. The lowest BCUT2D eigenvalue weighted by molar-refractivity contribution is -0.147. The maximum Gasteiger partial charge on any atom is 0.319 e. The summed E-state index contributed by atoms with van der Waals surface area (Å²) in [5.74, 6) is -1.81. The van der Waals surface area contributed by atoms with E-state index in [9.17, 15) is 29.4 Å². The number of aryl methyl sites for hydroxylation is 1. The number of aliphatic hydroxyl groups is 1. The van der Waals surface area contributed by atoms with Gasteiger partial charge in [-0.25, -0.2) is 9.37 Å². The molecule has 6 atom stereocenters. The van der Waals surface area contributed by atoms with Crippen LogP contribution in [0.3, 0.4) is 0 Å². The van der Waals surface area contributed by atoms with E-state index in [0.717, 1.165) is 72.3 Å². The highest BCUT2D eigenvalue weighted by atomic mass is 35.5. The van der Waals surface area contributed by atoms with E-state index in [0.29, 0.717) is 54.9 Å². The van der Waals surface area contributed by atoms with Crippen molar-refractivity contribution < 1.29 is 43.3 Å². The highest BCUT2D eigenvalue weighted by molar-refractivity contribution is 7.13. The highest BCUT2D eigenvalue weighted by Gasteiger charge is 2.45. The van der Waals surface area contributed by atoms with Crippen molar-refractivity contribution in [1.29, 1.82) is 0 Å². The molecular weight excluding hydrogens is 1070 g/mol. The Morgan fingerprint density at radius 1 is 0.963 bits per heavy atom. The Balaban J connectivity index is 0.757. The van der Waals surface area contributed by atoms with Crippen molar-refractivity contribution in [2.75, 3.05) is 63.9 Å². The van der Waals surface area contributed by atoms with Gasteiger partial charge in [0, 0.05) is 68.5 Å². The third kappa shape index (κ3) is 12.6. The minimum atomic E-state index is -0.881. The van der Waals surface area contributed by atoms with E-state index < -0.39 is 29.3 Å². The summed E-state index contributed by atoms with van der Waals surface area (Å²) in [5, 5.41) is 26.6. The van der Waals surface area contributed by atoms with Gasteiger partial charge in [-0.2, -0.15) is 9.97 Å². The number of nitrogens with one attached hydrogen (secondary N) is 1. The van der Waals surface area contributed by atoms with Crippen molar-refractivity contribution >= 4 is 73.9 Å². The summed E-state index contributed by atoms with van der Waals surface area (Å²) in [7, 11) is 0. The minimum Gasteiger partial charge on any atom is -0.508 e. The van der Waals surface area contributed by atoms with Gasteiger partial charge in [0.2, 0.25) is 17.7 Å². The van der Waals surface area contributed by atoms with Gasteiger partial charge in [-0.15, -0.1) is 11.3 Å². The molecule has 3 aliphatic heterocycles. The van der Waals surface area contributed by atoms with Crippen LogP contribution in [0.1, 0.15) is 89.9 Å². The maximum atomic E-state index is 17.4. The Hall–Kier alpha value is -6.57. The molecule has 0 radical (unpaired) electrons. The van der Waals surface area contributed by atoms with Gasteiger partial charge < -0.3 is 39.7 Å². The molecule has 4 aliphatic rings. The number of nitrogens with zero attached hydrogens (tertiary/aromatic N) is 7. The number of likely N-dealkylation sites (tertiary alicyclic amines) is 2. The third-order valence-electron chi connectivity index (χ3n) is 16.9. The number of thiazole rings is 1. The molecule has 5 heterocycles. The first kappa shape index (κ1) is 57.7. The molecule has 4 fully saturated rings. The topological polar surface area (TPSA) is 191 Å². The van der Waals surface area contributed by atoms with E-state index in [2.05, 4.69) is 21.8 Å². The number of rotatable bonds is 17. The van der Waals surface area contributed by atoms with Crippen molar-refractivity contribution in [1.82, 2.24) is 35.0 Å². The fourth-order valence-corrected chi connectivity index (χ4v) is 13.4. The zero-order chi connectivity index (χ0) is 57.3. The van der Waals surface area contributed by atoms with Crippen LogP contribution in [-0.4, -0.2) is 147 Å². The van der Waals surface area contributed by atoms with Crippen LogP contribution in [-0.2, 0) is 23.9 Å². The number of amides is 3. The zero-order valence-electron chi connectivity index (χ0n) is 46.7. The van der Waals surface area contributed by atoms with Gasteiger partial charge in [-0.1, -0.05) is 87.5 Å². The number of hydrogen-bond donors (Lipinski definition) is 3. The molecule has 4 aromatic carbocycles. The summed E-state index contributed by atoms with van der Waals surface area (Å²) in [6, 6.07) is 19.1. The third-order valence-corrected chi connectivity index (χ3v) is 18.1. The number of aliphatic hydroxyl groups excluding tert-OH is 1. The second-order valence-electron chi connectivity index (χ2n) is 23.3. The summed E-state index contributed by atoms with van der Waals surface area (Å²) in [4.78, 5) is 77.2. The Morgan fingerprint density at radius 2 is 1.70 bits per heavy atom. The molecule has 3 saturated heterocycles. The second-order valence-corrected chi connectivity index (χ2v) is 24.6. The number of phenolic OH excluding ortho intramolecular Hbond substituents is 1. The number of carbonyl (C=O) groups excluding carboxylic acids is 4. The Kier molecular flexibility index (Phi) is 17.4. The number of β-amino-alcohol motifs (C(OH)–C–C–N with tert-alkyl or cyclic N) is 1. The van der Waals surface area contributed by atoms with Crippen LogP contribution < -0.4 is 15.0 Å². The van der Waals surface area contributed by atoms with Gasteiger partial charge in [0.15, 0.2) is 11.6 Å². The number of phenols is 1. The van der Waals surface area contributed by atoms with Crippen LogP contribution in [0.25, 0.3) is 43.2 Å². The van der Waals surface area contributed by atoms with Gasteiger partial charge in [-0.05, 0) is 122 Å². The molecule has 6 aromatic rings. The predicted octanol–water partition coefficient (Wildman–Crippen LogP) is 9.70. The summed E-state index contributed by atoms with van der Waals surface area (Å²) in [6.07, 6.45) is 4.46. The molecule has 0 spiro atoms. The smallest absolute Gasteiger partial charge is 0.319 e. The lowest BCUT2D eigenvalue weighted by Gasteiger charge is -2.38. The second kappa shape index (κ2) is 24.5. The molecule has 81 heavy (non-hydrogen) atoms. The molecule has 2 aromatic heterocycles. The van der Waals surface area contributed by atoms with Crippen LogP contribution in [0.2, 0.25) is 5.02 Å². The number of carbonyl (C=O) groups is 4. The molecule has 428 valence electrons. The number of ketones is 1. The number of fused-ring (bicyclic) bond motifs is 2. The average Bonchev–Trinajstić information content (AvgIpc) is 4.41. The molecule has 0 bridgehead atoms. The van der Waals surface area contributed by atoms with Gasteiger partial charge >= 0.3 is 6.01 Å². The fourth-order valence-electron chi connectivity index (χ4n) is 12.3. The number of piperazine rings is 1. The van der Waals surface area contributed by atoms with E-state index in [1.807, 2.05) is 93.6 Å². The van der Waals surface area contributed by atoms with Gasteiger partial charge in [-0.3, -0.25) is 24.1 Å². The fraction of sp³-hybridized carbons (Fsp3) is 0.468. The molecule has 1 saturated carbocycles. The predicted molar refractivity (Wildman–Crippen MR) is 313 cm³/mol. The number of anilines is 1. The van der Waals surface area contributed by atoms with Crippen LogP contribution >= 0.6 is 22.9 Å². The van der Waals surface area contributed by atoms with Crippen molar-refractivity contribution in [2.45, 2.75) is 110 Å². The number of aromatic hydroxyl groups is 1. The van der Waals surface area contributed by atoms with Crippen molar-refractivity contribution in [3.63, 3.8) is 0 Å². The van der Waals surface area contributed by atoms with E-state index in [-0.39, 0.29) is 101 Å². The van der Waals surface area contributed by atoms with Crippen molar-refractivity contribution in [3.8, 4) is 33.3 Å². The first-order valence-electron chi connectivity index (χ1n) is 28.2. The van der Waals surface area contributed by atoms with Crippen molar-refractivity contribution in [3.05, 3.63) is 107 Å². The van der Waals surface area contributed by atoms with Gasteiger partial charge in [0.1, 0.15) is 35.8 Å². The number of benzene rings is 4. The van der Waals surface area contributed by atoms with Crippen LogP contribution in [0.4, 0.5) is 10.2 Å². The Morgan fingerprint density at radius 3 is 2.41 bits per heavy atom. The molecule has 16 nitrogen and oxygen atoms in total. The number of hydrogen-bond acceptors (Lipinski definition) is 14. The van der Waals surface area contributed by atoms with E-state index >= 15 is 4.39 Å². The number of halogens is 2. The molecule has 1 aliphatic carbocycles. The summed E-state index contributed by atoms with van der Waals surface area (Å²) >= 11 is 8.57. The zero-order valence-corrected chi connectivity index (χ0v) is 48.3. The van der Waals surface area contributed by atoms with E-state index in [1.54, 1.807) is 28.4 Å². The van der Waals surface area contributed by atoms with Crippen LogP contribution in [0, 0.1) is 30.0 Å². The van der Waals surface area contributed by atoms with Crippen LogP contribution in [0.15, 0.2) is 84.9 Å². The monoisotopic (exact) mass is 1140 g/mol. The van der Waals surface area contributed by atoms with Crippen molar-refractivity contribution in [2.24, 2.45) is 17.3 Å². The summed E-state index contributed by atoms with van der Waals surface area (Å²) in [5.41, 5.74) is 4.68. The Labute approximate surface area is 481 Å². The maximum absolute atomic E-state index is 17.4. The molecular formula is C62H72ClFN8O8S. The first-order valence-corrected chi connectivity index (χ1v) is 29.5. The molecule has 3 amide bonds. The average molecular weight is 1140 g/mol. The highest BCUT2D eigenvalue weighted by Crippen LogP contribution is 2.44. The summed E-state index contributed by atoms with van der Waals surface area (Å²) in [6.45, 7) is 16.8. The SMILES string of the molecule is C=CC(=O)N1CCN(c2nc(O[C@@H]3CCC[C@H]3N3CCC(COCC(=O)C[C@H](C(=O)N4C[C@H](O)C[C@H]4C(=O)N[C@@H](C)c4ccc(-c5scnc5C)cc4)C(C)(C)C)CC3)nc3c(F)c(-c4cc(O)cc5ccccc45)c(Cl)cc23)CC1. The lowest BCUT2D eigenvalue weighted by atomic mass is 9.77. The van der Waals surface area contributed by atoms with E-state index in [1.165, 1.54) is 17.0 Å². The largest absolute Gasteiger partial charge is 0.508 e.